The van der Waals surface area contributed by atoms with Gasteiger partial charge >= 0.3 is 5.51 Å². The second-order valence-corrected chi connectivity index (χ2v) is 5.79. The maximum absolute atomic E-state index is 12.2. The van der Waals surface area contributed by atoms with E-state index in [9.17, 15) is 13.2 Å². The van der Waals surface area contributed by atoms with Crippen LogP contribution in [-0.2, 0) is 13.1 Å². The molecule has 0 saturated carbocycles. The molecule has 0 fully saturated rings. The van der Waals surface area contributed by atoms with E-state index >= 15 is 0 Å². The zero-order valence-electron chi connectivity index (χ0n) is 11.5. The molecule has 1 aromatic carbocycles. The van der Waals surface area contributed by atoms with Crippen molar-refractivity contribution in [1.29, 1.82) is 0 Å². The number of thioether (sulfide) groups is 1. The minimum atomic E-state index is -4.23. The number of hydrogen-bond donors (Lipinski definition) is 1. The maximum atomic E-state index is 12.2. The van der Waals surface area contributed by atoms with Crippen molar-refractivity contribution in [2.75, 3.05) is 6.54 Å². The lowest BCUT2D eigenvalue weighted by Gasteiger charge is -2.08. The number of hydrogen-bond acceptors (Lipinski definition) is 3. The van der Waals surface area contributed by atoms with Crippen molar-refractivity contribution in [3.8, 4) is 0 Å². The summed E-state index contributed by atoms with van der Waals surface area (Å²) >= 11 is -0.0946. The van der Waals surface area contributed by atoms with Crippen LogP contribution in [0.25, 0.3) is 0 Å². The molecule has 0 spiro atoms. The summed E-state index contributed by atoms with van der Waals surface area (Å²) in [4.78, 5) is 0.207. The monoisotopic (exact) mass is 315 g/mol. The van der Waals surface area contributed by atoms with Gasteiger partial charge in [0, 0.05) is 24.2 Å². The lowest BCUT2D eigenvalue weighted by molar-refractivity contribution is -0.0328. The van der Waals surface area contributed by atoms with Crippen LogP contribution < -0.4 is 5.32 Å². The van der Waals surface area contributed by atoms with E-state index in [-0.39, 0.29) is 16.7 Å². The van der Waals surface area contributed by atoms with E-state index < -0.39 is 5.51 Å². The molecule has 0 aliphatic carbocycles. The molecule has 1 N–H and O–H groups in total. The second kappa shape index (κ2) is 7.00. The van der Waals surface area contributed by atoms with Crippen LogP contribution >= 0.6 is 11.8 Å². The molecule has 2 aromatic rings. The van der Waals surface area contributed by atoms with Crippen LogP contribution in [0.2, 0.25) is 0 Å². The Balaban J connectivity index is 1.73. The first kappa shape index (κ1) is 15.9. The molecule has 1 heterocycles. The van der Waals surface area contributed by atoms with Crippen LogP contribution in [0.15, 0.2) is 41.6 Å². The first-order chi connectivity index (χ1) is 9.92. The molecule has 3 nitrogen and oxygen atoms in total. The number of nitrogens with zero attached hydrogens (tertiary/aromatic N) is 2. The molecule has 0 radical (unpaired) electrons. The molecule has 0 aliphatic heterocycles. The van der Waals surface area contributed by atoms with Gasteiger partial charge in [0.1, 0.15) is 0 Å². The van der Waals surface area contributed by atoms with Gasteiger partial charge in [-0.3, -0.25) is 4.68 Å². The molecule has 1 aromatic heterocycles. The van der Waals surface area contributed by atoms with E-state index in [0.29, 0.717) is 6.54 Å². The standard InChI is InChI=1S/C14H16F3N3S/c1-11-8-19-20(10-11)7-6-18-9-12-2-4-13(5-3-12)21-14(15,16)17/h2-5,8,10,18H,6-7,9H2,1H3. The average molecular weight is 315 g/mol. The third kappa shape index (κ3) is 5.81. The van der Waals surface area contributed by atoms with Crippen LogP contribution in [0.4, 0.5) is 13.2 Å². The van der Waals surface area contributed by atoms with Crippen molar-refractivity contribution >= 4 is 11.8 Å². The minimum Gasteiger partial charge on any atom is -0.311 e. The first-order valence-corrected chi connectivity index (χ1v) is 7.28. The highest BCUT2D eigenvalue weighted by Gasteiger charge is 2.28. The lowest BCUT2D eigenvalue weighted by Crippen LogP contribution is -2.19. The SMILES string of the molecule is Cc1cnn(CCNCc2ccc(SC(F)(F)F)cc2)c1. The molecule has 0 amide bonds. The summed E-state index contributed by atoms with van der Waals surface area (Å²) < 4.78 is 38.4. The Kier molecular flexibility index (Phi) is 5.30. The fraction of sp³-hybridized carbons (Fsp3) is 0.357. The third-order valence-corrected chi connectivity index (χ3v) is 3.51. The predicted molar refractivity (Wildman–Crippen MR) is 77.0 cm³/mol. The number of aryl methyl sites for hydroxylation is 1. The lowest BCUT2D eigenvalue weighted by atomic mass is 10.2. The van der Waals surface area contributed by atoms with Gasteiger partial charge in [-0.15, -0.1) is 0 Å². The van der Waals surface area contributed by atoms with Crippen LogP contribution in [-0.4, -0.2) is 21.8 Å². The average Bonchev–Trinajstić information content (AvgIpc) is 2.81. The Bertz CT molecular complexity index is 564. The van der Waals surface area contributed by atoms with Crippen LogP contribution in [0, 0.1) is 6.92 Å². The zero-order valence-corrected chi connectivity index (χ0v) is 12.3. The normalized spacial score (nSPS) is 11.8. The van der Waals surface area contributed by atoms with Gasteiger partial charge in [0.25, 0.3) is 0 Å². The number of benzene rings is 1. The van der Waals surface area contributed by atoms with Crippen molar-refractivity contribution in [2.24, 2.45) is 0 Å². The van der Waals surface area contributed by atoms with Gasteiger partial charge in [-0.1, -0.05) is 12.1 Å². The largest absolute Gasteiger partial charge is 0.446 e. The van der Waals surface area contributed by atoms with E-state index in [4.69, 9.17) is 0 Å². The number of aromatic nitrogens is 2. The van der Waals surface area contributed by atoms with Crippen molar-refractivity contribution in [1.82, 2.24) is 15.1 Å². The van der Waals surface area contributed by atoms with Crippen LogP contribution in [0.1, 0.15) is 11.1 Å². The summed E-state index contributed by atoms with van der Waals surface area (Å²) in [7, 11) is 0. The Labute approximate surface area is 125 Å². The molecule has 114 valence electrons. The highest BCUT2D eigenvalue weighted by molar-refractivity contribution is 8.00. The number of rotatable bonds is 6. The van der Waals surface area contributed by atoms with Gasteiger partial charge in [0.15, 0.2) is 0 Å². The fourth-order valence-electron chi connectivity index (χ4n) is 1.82. The maximum Gasteiger partial charge on any atom is 0.446 e. The predicted octanol–water partition coefficient (Wildman–Crippen LogP) is 3.59. The molecule has 0 atom stereocenters. The molecule has 2 rings (SSSR count). The Morgan fingerprint density at radius 1 is 1.24 bits per heavy atom. The summed E-state index contributed by atoms with van der Waals surface area (Å²) in [6.07, 6.45) is 3.77. The van der Waals surface area contributed by atoms with Crippen LogP contribution in [0.3, 0.4) is 0 Å². The second-order valence-electron chi connectivity index (χ2n) is 4.65. The van der Waals surface area contributed by atoms with Crippen molar-refractivity contribution in [2.45, 2.75) is 30.4 Å². The molecular weight excluding hydrogens is 299 g/mol. The van der Waals surface area contributed by atoms with Crippen molar-refractivity contribution in [3.05, 3.63) is 47.8 Å². The Morgan fingerprint density at radius 2 is 1.95 bits per heavy atom. The molecule has 0 unspecified atom stereocenters. The van der Waals surface area contributed by atoms with Gasteiger partial charge in [0.2, 0.25) is 0 Å². The molecular formula is C14H16F3N3S. The summed E-state index contributed by atoms with van der Waals surface area (Å²) in [5.41, 5.74) is -2.16. The smallest absolute Gasteiger partial charge is 0.311 e. The van der Waals surface area contributed by atoms with Gasteiger partial charge in [-0.2, -0.15) is 18.3 Å². The summed E-state index contributed by atoms with van der Waals surface area (Å²) in [6, 6.07) is 6.40. The van der Waals surface area contributed by atoms with Gasteiger partial charge in [-0.25, -0.2) is 0 Å². The summed E-state index contributed by atoms with van der Waals surface area (Å²) in [6.45, 7) is 4.12. The summed E-state index contributed by atoms with van der Waals surface area (Å²) in [5.74, 6) is 0. The zero-order chi connectivity index (χ0) is 15.3. The van der Waals surface area contributed by atoms with Crippen molar-refractivity contribution < 1.29 is 13.2 Å². The number of nitrogens with one attached hydrogen (secondary N) is 1. The molecule has 21 heavy (non-hydrogen) atoms. The number of alkyl halides is 3. The topological polar surface area (TPSA) is 29.9 Å². The fourth-order valence-corrected chi connectivity index (χ4v) is 2.36. The molecule has 7 heteroatoms. The van der Waals surface area contributed by atoms with E-state index in [0.717, 1.165) is 24.2 Å². The van der Waals surface area contributed by atoms with Gasteiger partial charge in [0.05, 0.1) is 12.7 Å². The minimum absolute atomic E-state index is 0.0946. The number of halogens is 3. The van der Waals surface area contributed by atoms with Gasteiger partial charge in [-0.05, 0) is 41.9 Å². The molecule has 0 aliphatic rings. The summed E-state index contributed by atoms with van der Waals surface area (Å²) in [5, 5.41) is 7.41. The van der Waals surface area contributed by atoms with E-state index in [2.05, 4.69) is 10.4 Å². The van der Waals surface area contributed by atoms with Gasteiger partial charge < -0.3 is 5.32 Å². The highest BCUT2D eigenvalue weighted by atomic mass is 32.2. The molecule has 0 bridgehead atoms. The quantitative estimate of drug-likeness (QED) is 0.652. The highest BCUT2D eigenvalue weighted by Crippen LogP contribution is 2.36. The Hall–Kier alpha value is -1.47. The van der Waals surface area contributed by atoms with E-state index in [1.807, 2.05) is 17.8 Å². The van der Waals surface area contributed by atoms with Crippen molar-refractivity contribution in [3.63, 3.8) is 0 Å². The van der Waals surface area contributed by atoms with Crippen LogP contribution in [0.5, 0.6) is 0 Å². The first-order valence-electron chi connectivity index (χ1n) is 6.47. The third-order valence-electron chi connectivity index (χ3n) is 2.77. The van der Waals surface area contributed by atoms with E-state index in [1.165, 1.54) is 12.1 Å². The molecule has 0 saturated heterocycles. The van der Waals surface area contributed by atoms with E-state index in [1.54, 1.807) is 18.3 Å². The Morgan fingerprint density at radius 3 is 2.52 bits per heavy atom.